The molecule has 1 amide bonds. The van der Waals surface area contributed by atoms with Crippen LogP contribution >= 0.6 is 27.7 Å². The number of non-ortho nitro benzene ring substituents is 1. The van der Waals surface area contributed by atoms with Crippen molar-refractivity contribution in [2.45, 2.75) is 13.5 Å². The van der Waals surface area contributed by atoms with Crippen molar-refractivity contribution in [1.82, 2.24) is 0 Å². The maximum atomic E-state index is 11.8. The number of amides is 1. The van der Waals surface area contributed by atoms with Crippen molar-refractivity contribution < 1.29 is 19.2 Å². The van der Waals surface area contributed by atoms with Gasteiger partial charge in [-0.3, -0.25) is 14.9 Å². The number of hydrogen-bond acceptors (Lipinski definition) is 7. The molecule has 0 unspecified atom stereocenters. The summed E-state index contributed by atoms with van der Waals surface area (Å²) in [5, 5.41) is 11.0. The van der Waals surface area contributed by atoms with Crippen LogP contribution in [0.1, 0.15) is 18.1 Å². The summed E-state index contributed by atoms with van der Waals surface area (Å²) >= 11 is 4.59. The standard InChI is InChI=1S/C19H16BrN3O5S/c1-2-27-15-8-12(9-16-18(24)22-19(21)29-16)7-14(20)17(15)28-10-11-3-5-13(6-4-11)23(25)26/h3-9H,2,10H2,1H3,(H2,21,22,24)/b16-9-. The van der Waals surface area contributed by atoms with Crippen molar-refractivity contribution in [3.05, 3.63) is 67.0 Å². The summed E-state index contributed by atoms with van der Waals surface area (Å²) in [4.78, 5) is 26.2. The van der Waals surface area contributed by atoms with E-state index in [4.69, 9.17) is 15.2 Å². The summed E-state index contributed by atoms with van der Waals surface area (Å²) < 4.78 is 12.2. The Hall–Kier alpha value is -2.85. The predicted molar refractivity (Wildman–Crippen MR) is 115 cm³/mol. The molecule has 2 N–H and O–H groups in total. The molecule has 2 aromatic carbocycles. The summed E-state index contributed by atoms with van der Waals surface area (Å²) in [7, 11) is 0. The number of nitrogens with zero attached hydrogens (tertiary/aromatic N) is 2. The number of ether oxygens (including phenoxy) is 2. The van der Waals surface area contributed by atoms with E-state index in [0.717, 1.165) is 22.9 Å². The smallest absolute Gasteiger partial charge is 0.286 e. The molecule has 0 aliphatic carbocycles. The molecular formula is C19H16BrN3O5S. The molecule has 0 spiro atoms. The molecule has 29 heavy (non-hydrogen) atoms. The van der Waals surface area contributed by atoms with Crippen molar-refractivity contribution >= 4 is 50.5 Å². The number of carbonyl (C=O) groups excluding carboxylic acids is 1. The molecule has 1 heterocycles. The zero-order valence-corrected chi connectivity index (χ0v) is 17.7. The van der Waals surface area contributed by atoms with Crippen molar-refractivity contribution in [3.63, 3.8) is 0 Å². The largest absolute Gasteiger partial charge is 0.490 e. The van der Waals surface area contributed by atoms with E-state index >= 15 is 0 Å². The molecule has 0 saturated carbocycles. The van der Waals surface area contributed by atoms with Crippen LogP contribution in [-0.4, -0.2) is 22.6 Å². The van der Waals surface area contributed by atoms with E-state index in [1.54, 1.807) is 30.3 Å². The van der Waals surface area contributed by atoms with Gasteiger partial charge in [-0.15, -0.1) is 0 Å². The lowest BCUT2D eigenvalue weighted by atomic mass is 10.1. The van der Waals surface area contributed by atoms with Crippen molar-refractivity contribution in [3.8, 4) is 11.5 Å². The molecule has 0 aromatic heterocycles. The minimum atomic E-state index is -0.451. The van der Waals surface area contributed by atoms with Gasteiger partial charge >= 0.3 is 0 Å². The predicted octanol–water partition coefficient (Wildman–Crippen LogP) is 4.26. The van der Waals surface area contributed by atoms with Crippen LogP contribution in [0, 0.1) is 10.1 Å². The number of hydrogen-bond donors (Lipinski definition) is 1. The van der Waals surface area contributed by atoms with Gasteiger partial charge in [0.25, 0.3) is 11.6 Å². The third-order valence-electron chi connectivity index (χ3n) is 3.80. The zero-order valence-electron chi connectivity index (χ0n) is 15.3. The molecular weight excluding hydrogens is 462 g/mol. The third kappa shape index (κ3) is 5.15. The van der Waals surface area contributed by atoms with Crippen LogP contribution in [-0.2, 0) is 11.4 Å². The average molecular weight is 478 g/mol. The van der Waals surface area contributed by atoms with E-state index in [9.17, 15) is 14.9 Å². The molecule has 0 saturated heterocycles. The number of nitro groups is 1. The number of aliphatic imine (C=N–C) groups is 1. The van der Waals surface area contributed by atoms with E-state index < -0.39 is 4.92 Å². The van der Waals surface area contributed by atoms with Gasteiger partial charge in [0, 0.05) is 12.1 Å². The number of thioether (sulfide) groups is 1. The van der Waals surface area contributed by atoms with Crippen molar-refractivity contribution in [1.29, 1.82) is 0 Å². The monoisotopic (exact) mass is 477 g/mol. The summed E-state index contributed by atoms with van der Waals surface area (Å²) in [6.45, 7) is 2.48. The Morgan fingerprint density at radius 2 is 2.00 bits per heavy atom. The number of rotatable bonds is 7. The number of benzene rings is 2. The Morgan fingerprint density at radius 1 is 1.28 bits per heavy atom. The Morgan fingerprint density at radius 3 is 2.59 bits per heavy atom. The van der Waals surface area contributed by atoms with Crippen molar-refractivity contribution in [2.75, 3.05) is 6.61 Å². The van der Waals surface area contributed by atoms with E-state index in [2.05, 4.69) is 20.9 Å². The first-order valence-corrected chi connectivity index (χ1v) is 10.1. The SMILES string of the molecule is CCOc1cc(/C=C2\SC(N)=NC2=O)cc(Br)c1OCc1ccc([N+](=O)[O-])cc1. The molecule has 1 aliphatic rings. The van der Waals surface area contributed by atoms with E-state index in [1.807, 2.05) is 6.92 Å². The maximum absolute atomic E-state index is 11.8. The normalized spacial score (nSPS) is 14.8. The van der Waals surface area contributed by atoms with Gasteiger partial charge in [-0.25, -0.2) is 0 Å². The summed E-state index contributed by atoms with van der Waals surface area (Å²) in [5.74, 6) is 0.619. The van der Waals surface area contributed by atoms with Gasteiger partial charge in [0.2, 0.25) is 0 Å². The first-order chi connectivity index (χ1) is 13.9. The van der Waals surface area contributed by atoms with Gasteiger partial charge in [0.05, 0.1) is 20.9 Å². The van der Waals surface area contributed by atoms with Crippen LogP contribution in [0.15, 0.2) is 50.8 Å². The lowest BCUT2D eigenvalue weighted by molar-refractivity contribution is -0.384. The van der Waals surface area contributed by atoms with Crippen LogP contribution in [0.3, 0.4) is 0 Å². The van der Waals surface area contributed by atoms with Crippen molar-refractivity contribution in [2.24, 2.45) is 10.7 Å². The molecule has 2 aromatic rings. The molecule has 0 atom stereocenters. The van der Waals surface area contributed by atoms with Crippen LogP contribution < -0.4 is 15.2 Å². The maximum Gasteiger partial charge on any atom is 0.286 e. The number of halogens is 1. The number of carbonyl (C=O) groups is 1. The molecule has 10 heteroatoms. The third-order valence-corrected chi connectivity index (χ3v) is 5.20. The zero-order chi connectivity index (χ0) is 21.0. The molecule has 3 rings (SSSR count). The minimum absolute atomic E-state index is 0.0197. The second-order valence-corrected chi connectivity index (χ2v) is 7.76. The van der Waals surface area contributed by atoms with E-state index in [-0.39, 0.29) is 23.4 Å². The fourth-order valence-corrected chi connectivity index (χ4v) is 3.78. The Balaban J connectivity index is 1.82. The summed E-state index contributed by atoms with van der Waals surface area (Å²) in [5.41, 5.74) is 7.10. The highest BCUT2D eigenvalue weighted by Gasteiger charge is 2.20. The Labute approximate surface area is 179 Å². The quantitative estimate of drug-likeness (QED) is 0.359. The number of amidine groups is 1. The number of nitro benzene ring substituents is 1. The van der Waals surface area contributed by atoms with Gasteiger partial charge in [0.15, 0.2) is 16.7 Å². The molecule has 1 aliphatic heterocycles. The molecule has 0 radical (unpaired) electrons. The highest BCUT2D eigenvalue weighted by atomic mass is 79.9. The molecule has 0 fully saturated rings. The lowest BCUT2D eigenvalue weighted by Gasteiger charge is -2.15. The second kappa shape index (κ2) is 9.10. The second-order valence-electron chi connectivity index (χ2n) is 5.84. The average Bonchev–Trinajstić information content (AvgIpc) is 2.98. The van der Waals surface area contributed by atoms with Gasteiger partial charge in [-0.1, -0.05) is 0 Å². The molecule has 8 nitrogen and oxygen atoms in total. The number of nitrogens with two attached hydrogens (primary N) is 1. The van der Waals surface area contributed by atoms with Crippen LogP contribution in [0.25, 0.3) is 6.08 Å². The summed E-state index contributed by atoms with van der Waals surface area (Å²) in [6, 6.07) is 9.68. The van der Waals surface area contributed by atoms with Crippen LogP contribution in [0.4, 0.5) is 5.69 Å². The first-order valence-electron chi connectivity index (χ1n) is 8.48. The van der Waals surface area contributed by atoms with E-state index in [1.165, 1.54) is 12.1 Å². The molecule has 0 bridgehead atoms. The Kier molecular flexibility index (Phi) is 6.55. The topological polar surface area (TPSA) is 117 Å². The van der Waals surface area contributed by atoms with Gasteiger partial charge < -0.3 is 15.2 Å². The van der Waals surface area contributed by atoms with Crippen LogP contribution in [0.5, 0.6) is 11.5 Å². The van der Waals surface area contributed by atoms with Crippen LogP contribution in [0.2, 0.25) is 0 Å². The first kappa shape index (κ1) is 20.9. The summed E-state index contributed by atoms with van der Waals surface area (Å²) in [6.07, 6.45) is 1.68. The molecule has 150 valence electrons. The highest BCUT2D eigenvalue weighted by molar-refractivity contribution is 9.10. The van der Waals surface area contributed by atoms with Gasteiger partial charge in [0.1, 0.15) is 6.61 Å². The Bertz CT molecular complexity index is 1020. The minimum Gasteiger partial charge on any atom is -0.490 e. The fraction of sp³-hybridized carbons (Fsp3) is 0.158. The lowest BCUT2D eigenvalue weighted by Crippen LogP contribution is -2.01. The fourth-order valence-electron chi connectivity index (χ4n) is 2.52. The van der Waals surface area contributed by atoms with Gasteiger partial charge in [-0.05, 0) is 76.1 Å². The van der Waals surface area contributed by atoms with E-state index in [0.29, 0.717) is 27.5 Å². The van der Waals surface area contributed by atoms with Gasteiger partial charge in [-0.2, -0.15) is 4.99 Å². The highest BCUT2D eigenvalue weighted by Crippen LogP contribution is 2.39.